The molecular weight excluding hydrogens is 266 g/mol. The smallest absolute Gasteiger partial charge is 0.170 e. The van der Waals surface area contributed by atoms with E-state index in [2.05, 4.69) is 39.1 Å². The molecule has 0 amide bonds. The predicted molar refractivity (Wildman–Crippen MR) is 83.5 cm³/mol. The molecule has 0 spiro atoms. The van der Waals surface area contributed by atoms with Crippen molar-refractivity contribution in [2.45, 2.75) is 0 Å². The number of pyridine rings is 1. The molecule has 6 heteroatoms. The van der Waals surface area contributed by atoms with Crippen molar-refractivity contribution in [1.29, 1.82) is 0 Å². The lowest BCUT2D eigenvalue weighted by Crippen LogP contribution is -2.36. The van der Waals surface area contributed by atoms with E-state index in [1.54, 1.807) is 12.3 Å². The Morgan fingerprint density at radius 2 is 2.00 bits per heavy atom. The third-order valence-corrected chi connectivity index (χ3v) is 3.67. The Morgan fingerprint density at radius 1 is 1.24 bits per heavy atom. The molecule has 6 nitrogen and oxygen atoms in total. The van der Waals surface area contributed by atoms with Crippen LogP contribution in [0.1, 0.15) is 5.56 Å². The molecule has 0 atom stereocenters. The zero-order chi connectivity index (χ0) is 14.8. The Morgan fingerprint density at radius 3 is 2.76 bits per heavy atom. The van der Waals surface area contributed by atoms with Crippen molar-refractivity contribution in [1.82, 2.24) is 4.98 Å². The number of hydrogen-bond donors (Lipinski definition) is 2. The summed E-state index contributed by atoms with van der Waals surface area (Å²) in [6.45, 7) is 1.74. The minimum atomic E-state index is 0.0843. The molecule has 0 fully saturated rings. The fourth-order valence-corrected chi connectivity index (χ4v) is 2.53. The van der Waals surface area contributed by atoms with Crippen LogP contribution in [0.15, 0.2) is 47.8 Å². The van der Waals surface area contributed by atoms with Crippen molar-refractivity contribution < 1.29 is 5.21 Å². The minimum Gasteiger partial charge on any atom is -0.409 e. The molecule has 1 aliphatic rings. The number of oxime groups is 1. The average Bonchev–Trinajstić information content (AvgIpc) is 2.55. The second kappa shape index (κ2) is 5.32. The second-order valence-corrected chi connectivity index (χ2v) is 4.95. The lowest BCUT2D eigenvalue weighted by Gasteiger charge is -2.36. The standard InChI is InChI=1S/C15H17N5O/c1-19-8-9-20(13-5-3-2-4-12(13)19)14-10-11(6-7-17-14)15(16)18-21/h2-7,10,21H,8-9H2,1H3,(H2,16,18). The second-order valence-electron chi connectivity index (χ2n) is 4.95. The van der Waals surface area contributed by atoms with Crippen molar-refractivity contribution in [3.05, 3.63) is 48.2 Å². The molecule has 1 aliphatic heterocycles. The van der Waals surface area contributed by atoms with Crippen molar-refractivity contribution in [2.24, 2.45) is 10.9 Å². The lowest BCUT2D eigenvalue weighted by molar-refractivity contribution is 0.318. The number of rotatable bonds is 2. The van der Waals surface area contributed by atoms with E-state index in [1.165, 1.54) is 5.69 Å². The highest BCUT2D eigenvalue weighted by molar-refractivity contribution is 5.97. The van der Waals surface area contributed by atoms with Gasteiger partial charge in [0, 0.05) is 31.9 Å². The van der Waals surface area contributed by atoms with E-state index in [0.29, 0.717) is 5.56 Å². The number of aromatic nitrogens is 1. The van der Waals surface area contributed by atoms with E-state index in [9.17, 15) is 0 Å². The third-order valence-electron chi connectivity index (χ3n) is 3.67. The van der Waals surface area contributed by atoms with Crippen LogP contribution in [0, 0.1) is 0 Å². The normalized spacial score (nSPS) is 15.0. The van der Waals surface area contributed by atoms with Gasteiger partial charge in [0.1, 0.15) is 5.82 Å². The van der Waals surface area contributed by atoms with Gasteiger partial charge in [-0.1, -0.05) is 17.3 Å². The summed E-state index contributed by atoms with van der Waals surface area (Å²) in [5, 5.41) is 11.8. The van der Waals surface area contributed by atoms with Gasteiger partial charge in [-0.3, -0.25) is 0 Å². The Bertz CT molecular complexity index is 685. The number of likely N-dealkylation sites (N-methyl/N-ethyl adjacent to an activating group) is 1. The highest BCUT2D eigenvalue weighted by atomic mass is 16.4. The Kier molecular flexibility index (Phi) is 3.35. The molecule has 3 N–H and O–H groups in total. The summed E-state index contributed by atoms with van der Waals surface area (Å²) in [4.78, 5) is 8.78. The first-order valence-corrected chi connectivity index (χ1v) is 6.72. The van der Waals surface area contributed by atoms with E-state index in [1.807, 2.05) is 18.2 Å². The first-order valence-electron chi connectivity index (χ1n) is 6.72. The van der Waals surface area contributed by atoms with Crippen LogP contribution < -0.4 is 15.5 Å². The summed E-state index contributed by atoms with van der Waals surface area (Å²) < 4.78 is 0. The number of benzene rings is 1. The molecule has 2 heterocycles. The molecule has 0 saturated heterocycles. The molecular formula is C15H17N5O. The van der Waals surface area contributed by atoms with Crippen molar-refractivity contribution in [3.8, 4) is 0 Å². The maximum Gasteiger partial charge on any atom is 0.170 e. The van der Waals surface area contributed by atoms with Gasteiger partial charge in [-0.15, -0.1) is 0 Å². The van der Waals surface area contributed by atoms with Gasteiger partial charge in [0.15, 0.2) is 5.84 Å². The van der Waals surface area contributed by atoms with Gasteiger partial charge < -0.3 is 20.7 Å². The largest absolute Gasteiger partial charge is 0.409 e. The first-order chi connectivity index (χ1) is 10.2. The topological polar surface area (TPSA) is 78.0 Å². The minimum absolute atomic E-state index is 0.0843. The molecule has 21 heavy (non-hydrogen) atoms. The van der Waals surface area contributed by atoms with Gasteiger partial charge in [0.05, 0.1) is 11.4 Å². The molecule has 0 aliphatic carbocycles. The van der Waals surface area contributed by atoms with Crippen molar-refractivity contribution >= 4 is 23.0 Å². The highest BCUT2D eigenvalue weighted by Gasteiger charge is 2.22. The van der Waals surface area contributed by atoms with Gasteiger partial charge in [0.25, 0.3) is 0 Å². The lowest BCUT2D eigenvalue weighted by atomic mass is 10.1. The number of nitrogens with two attached hydrogens (primary N) is 1. The number of para-hydroxylation sites is 2. The fraction of sp³-hybridized carbons (Fsp3) is 0.200. The van der Waals surface area contributed by atoms with Crippen LogP contribution in [0.4, 0.5) is 17.2 Å². The average molecular weight is 283 g/mol. The highest BCUT2D eigenvalue weighted by Crippen LogP contribution is 2.35. The SMILES string of the molecule is CN1CCN(c2cc(C(N)=NO)ccn2)c2ccccc21. The maximum atomic E-state index is 8.80. The van der Waals surface area contributed by atoms with Crippen LogP contribution in [0.3, 0.4) is 0 Å². The molecule has 108 valence electrons. The summed E-state index contributed by atoms with van der Waals surface area (Å²) in [6.07, 6.45) is 1.67. The van der Waals surface area contributed by atoms with Crippen molar-refractivity contribution in [2.75, 3.05) is 29.9 Å². The molecule has 0 unspecified atom stereocenters. The molecule has 0 bridgehead atoms. The van der Waals surface area contributed by atoms with E-state index in [4.69, 9.17) is 10.9 Å². The molecule has 0 radical (unpaired) electrons. The van der Waals surface area contributed by atoms with E-state index in [0.717, 1.165) is 24.6 Å². The Balaban J connectivity index is 2.04. The van der Waals surface area contributed by atoms with E-state index < -0.39 is 0 Å². The fourth-order valence-electron chi connectivity index (χ4n) is 2.53. The van der Waals surface area contributed by atoms with Gasteiger partial charge in [0.2, 0.25) is 0 Å². The summed E-state index contributed by atoms with van der Waals surface area (Å²) in [6, 6.07) is 11.8. The third kappa shape index (κ3) is 2.35. The number of nitrogens with zero attached hydrogens (tertiary/aromatic N) is 4. The quantitative estimate of drug-likeness (QED) is 0.380. The molecule has 1 aromatic carbocycles. The monoisotopic (exact) mass is 283 g/mol. The number of amidine groups is 1. The van der Waals surface area contributed by atoms with Crippen molar-refractivity contribution in [3.63, 3.8) is 0 Å². The zero-order valence-electron chi connectivity index (χ0n) is 11.8. The van der Waals surface area contributed by atoms with Gasteiger partial charge in [-0.2, -0.15) is 0 Å². The van der Waals surface area contributed by atoms with E-state index >= 15 is 0 Å². The van der Waals surface area contributed by atoms with Crippen LogP contribution in [0.5, 0.6) is 0 Å². The van der Waals surface area contributed by atoms with Crippen LogP contribution in [0.25, 0.3) is 0 Å². The van der Waals surface area contributed by atoms with E-state index in [-0.39, 0.29) is 5.84 Å². The number of fused-ring (bicyclic) bond motifs is 1. The summed E-state index contributed by atoms with van der Waals surface area (Å²) in [5.41, 5.74) is 8.58. The van der Waals surface area contributed by atoms with Crippen LogP contribution >= 0.6 is 0 Å². The summed E-state index contributed by atoms with van der Waals surface area (Å²) in [5.74, 6) is 0.876. The molecule has 3 rings (SSSR count). The maximum absolute atomic E-state index is 8.80. The van der Waals surface area contributed by atoms with Gasteiger partial charge in [-0.05, 0) is 24.3 Å². The van der Waals surface area contributed by atoms with Crippen LogP contribution in [-0.4, -0.2) is 36.2 Å². The Labute approximate surface area is 123 Å². The first kappa shape index (κ1) is 13.2. The van der Waals surface area contributed by atoms with Gasteiger partial charge >= 0.3 is 0 Å². The summed E-state index contributed by atoms with van der Waals surface area (Å²) >= 11 is 0. The van der Waals surface area contributed by atoms with Gasteiger partial charge in [-0.25, -0.2) is 4.98 Å². The number of anilines is 3. The molecule has 0 saturated carbocycles. The van der Waals surface area contributed by atoms with Crippen LogP contribution in [-0.2, 0) is 0 Å². The predicted octanol–water partition coefficient (Wildman–Crippen LogP) is 1.76. The Hall–Kier alpha value is -2.76. The zero-order valence-corrected chi connectivity index (χ0v) is 11.8. The molecule has 1 aromatic heterocycles. The van der Waals surface area contributed by atoms with Crippen LogP contribution in [0.2, 0.25) is 0 Å². The summed E-state index contributed by atoms with van der Waals surface area (Å²) in [7, 11) is 2.08. The molecule has 2 aromatic rings. The number of hydrogen-bond acceptors (Lipinski definition) is 5.